The molecule has 3 nitrogen and oxygen atoms in total. The number of nitrogens with zero attached hydrogens (tertiary/aromatic N) is 1. The number of hydrogen-bond donors (Lipinski definition) is 1. The van der Waals surface area contributed by atoms with Gasteiger partial charge in [0, 0.05) is 0 Å². The fraction of sp³-hybridized carbons (Fsp3) is 0.364. The lowest BCUT2D eigenvalue weighted by molar-refractivity contribution is 0.275. The van der Waals surface area contributed by atoms with Gasteiger partial charge >= 0.3 is 0 Å². The van der Waals surface area contributed by atoms with E-state index in [1.165, 1.54) is 0 Å². The van der Waals surface area contributed by atoms with Crippen LogP contribution < -0.4 is 4.74 Å². The Morgan fingerprint density at radius 2 is 2.36 bits per heavy atom. The predicted molar refractivity (Wildman–Crippen MR) is 55.1 cm³/mol. The van der Waals surface area contributed by atoms with Gasteiger partial charge in [-0.1, -0.05) is 6.08 Å². The molecule has 1 heterocycles. The molecular formula is C11H15NO2. The second-order valence-corrected chi connectivity index (χ2v) is 2.92. The van der Waals surface area contributed by atoms with Gasteiger partial charge in [0.05, 0.1) is 25.1 Å². The van der Waals surface area contributed by atoms with Gasteiger partial charge in [0.2, 0.25) is 0 Å². The highest BCUT2D eigenvalue weighted by molar-refractivity contribution is 5.19. The molecule has 0 aromatic carbocycles. The molecule has 0 radical (unpaired) electrons. The standard InChI is InChI=1S/C11H15NO2/c1-2-3-4-7-14-11-6-5-10(9-13)12-8-11/h2,5-6,8,13H,1,3-4,7,9H2. The highest BCUT2D eigenvalue weighted by Crippen LogP contribution is 2.09. The molecule has 3 heteroatoms. The highest BCUT2D eigenvalue weighted by Gasteiger charge is 1.94. The van der Waals surface area contributed by atoms with E-state index in [-0.39, 0.29) is 6.61 Å². The first-order chi connectivity index (χ1) is 6.86. The van der Waals surface area contributed by atoms with Gasteiger partial charge in [0.1, 0.15) is 5.75 Å². The number of aliphatic hydroxyl groups is 1. The number of pyridine rings is 1. The number of unbranched alkanes of at least 4 members (excludes halogenated alkanes) is 1. The van der Waals surface area contributed by atoms with Gasteiger partial charge in [-0.15, -0.1) is 6.58 Å². The Kier molecular flexibility index (Phi) is 4.72. The third-order valence-electron chi connectivity index (χ3n) is 1.78. The molecule has 1 aromatic heterocycles. The Labute approximate surface area is 84.1 Å². The molecule has 14 heavy (non-hydrogen) atoms. The number of aromatic nitrogens is 1. The van der Waals surface area contributed by atoms with Crippen LogP contribution in [0.2, 0.25) is 0 Å². The molecule has 76 valence electrons. The lowest BCUT2D eigenvalue weighted by Crippen LogP contribution is -1.97. The van der Waals surface area contributed by atoms with Crippen LogP contribution in [-0.4, -0.2) is 16.7 Å². The fourth-order valence-electron chi connectivity index (χ4n) is 1.01. The zero-order valence-electron chi connectivity index (χ0n) is 8.15. The van der Waals surface area contributed by atoms with E-state index >= 15 is 0 Å². The summed E-state index contributed by atoms with van der Waals surface area (Å²) < 4.78 is 5.42. The SMILES string of the molecule is C=CCCCOc1ccc(CO)nc1. The first kappa shape index (κ1) is 10.7. The van der Waals surface area contributed by atoms with Gasteiger partial charge in [-0.3, -0.25) is 4.98 Å². The van der Waals surface area contributed by atoms with Crippen LogP contribution in [0.1, 0.15) is 18.5 Å². The molecule has 0 aliphatic carbocycles. The Morgan fingerprint density at radius 1 is 1.50 bits per heavy atom. The molecule has 0 aliphatic rings. The maximum Gasteiger partial charge on any atom is 0.137 e. The second-order valence-electron chi connectivity index (χ2n) is 2.92. The van der Waals surface area contributed by atoms with Crippen molar-refractivity contribution in [2.45, 2.75) is 19.4 Å². The van der Waals surface area contributed by atoms with Crippen LogP contribution in [0.15, 0.2) is 31.0 Å². The van der Waals surface area contributed by atoms with Crippen LogP contribution in [-0.2, 0) is 6.61 Å². The third-order valence-corrected chi connectivity index (χ3v) is 1.78. The molecule has 0 aliphatic heterocycles. The molecule has 0 fully saturated rings. The third kappa shape index (κ3) is 3.58. The van der Waals surface area contributed by atoms with E-state index < -0.39 is 0 Å². The van der Waals surface area contributed by atoms with E-state index in [4.69, 9.17) is 9.84 Å². The van der Waals surface area contributed by atoms with Gasteiger partial charge in [-0.05, 0) is 25.0 Å². The zero-order valence-corrected chi connectivity index (χ0v) is 8.15. The van der Waals surface area contributed by atoms with Crippen molar-refractivity contribution in [3.63, 3.8) is 0 Å². The van der Waals surface area contributed by atoms with E-state index in [1.807, 2.05) is 12.1 Å². The smallest absolute Gasteiger partial charge is 0.137 e. The highest BCUT2D eigenvalue weighted by atomic mass is 16.5. The van der Waals surface area contributed by atoms with Crippen LogP contribution in [0.3, 0.4) is 0 Å². The summed E-state index contributed by atoms with van der Waals surface area (Å²) in [5, 5.41) is 8.76. The first-order valence-corrected chi connectivity index (χ1v) is 4.66. The molecule has 0 amide bonds. The van der Waals surface area contributed by atoms with E-state index in [2.05, 4.69) is 11.6 Å². The Bertz CT molecular complexity index is 269. The molecule has 1 rings (SSSR count). The predicted octanol–water partition coefficient (Wildman–Crippen LogP) is 1.92. The number of aliphatic hydroxyl groups excluding tert-OH is 1. The van der Waals surface area contributed by atoms with Crippen LogP contribution in [0, 0.1) is 0 Å². The van der Waals surface area contributed by atoms with E-state index in [0.717, 1.165) is 18.6 Å². The molecule has 0 unspecified atom stereocenters. The quantitative estimate of drug-likeness (QED) is 0.554. The summed E-state index contributed by atoms with van der Waals surface area (Å²) in [5.74, 6) is 0.742. The van der Waals surface area contributed by atoms with Crippen molar-refractivity contribution >= 4 is 0 Å². The van der Waals surface area contributed by atoms with Gasteiger partial charge in [0.15, 0.2) is 0 Å². The van der Waals surface area contributed by atoms with Crippen molar-refractivity contribution in [3.8, 4) is 5.75 Å². The number of ether oxygens (including phenoxy) is 1. The van der Waals surface area contributed by atoms with Crippen molar-refractivity contribution in [1.29, 1.82) is 0 Å². The lowest BCUT2D eigenvalue weighted by atomic mass is 10.3. The molecule has 1 N–H and O–H groups in total. The summed E-state index contributed by atoms with van der Waals surface area (Å²) in [4.78, 5) is 4.00. The summed E-state index contributed by atoms with van der Waals surface area (Å²) in [5.41, 5.74) is 0.656. The summed E-state index contributed by atoms with van der Waals surface area (Å²) >= 11 is 0. The largest absolute Gasteiger partial charge is 0.492 e. The van der Waals surface area contributed by atoms with Gasteiger partial charge in [-0.2, -0.15) is 0 Å². The Hall–Kier alpha value is -1.35. The average molecular weight is 193 g/mol. The minimum Gasteiger partial charge on any atom is -0.492 e. The maximum absolute atomic E-state index is 8.76. The van der Waals surface area contributed by atoms with E-state index in [0.29, 0.717) is 12.3 Å². The molecule has 0 spiro atoms. The molecule has 1 aromatic rings. The second kappa shape index (κ2) is 6.16. The van der Waals surface area contributed by atoms with E-state index in [9.17, 15) is 0 Å². The van der Waals surface area contributed by atoms with Crippen molar-refractivity contribution in [3.05, 3.63) is 36.7 Å². The topological polar surface area (TPSA) is 42.4 Å². The summed E-state index contributed by atoms with van der Waals surface area (Å²) in [6, 6.07) is 3.56. The maximum atomic E-state index is 8.76. The van der Waals surface area contributed by atoms with Crippen molar-refractivity contribution in [2.24, 2.45) is 0 Å². The van der Waals surface area contributed by atoms with Crippen molar-refractivity contribution < 1.29 is 9.84 Å². The minimum absolute atomic E-state index is 0.0310. The molecule has 0 bridgehead atoms. The van der Waals surface area contributed by atoms with Gasteiger partial charge in [0.25, 0.3) is 0 Å². The Balaban J connectivity index is 2.32. The van der Waals surface area contributed by atoms with Crippen LogP contribution in [0.5, 0.6) is 5.75 Å². The van der Waals surface area contributed by atoms with Crippen LogP contribution in [0.25, 0.3) is 0 Å². The van der Waals surface area contributed by atoms with Gasteiger partial charge < -0.3 is 9.84 Å². The normalized spacial score (nSPS) is 9.79. The van der Waals surface area contributed by atoms with Crippen LogP contribution >= 0.6 is 0 Å². The summed E-state index contributed by atoms with van der Waals surface area (Å²) in [7, 11) is 0. The lowest BCUT2D eigenvalue weighted by Gasteiger charge is -2.04. The molecular weight excluding hydrogens is 178 g/mol. The number of hydrogen-bond acceptors (Lipinski definition) is 3. The number of allylic oxidation sites excluding steroid dienone is 1. The molecule has 0 saturated carbocycles. The van der Waals surface area contributed by atoms with Crippen molar-refractivity contribution in [2.75, 3.05) is 6.61 Å². The van der Waals surface area contributed by atoms with Gasteiger partial charge in [-0.25, -0.2) is 0 Å². The van der Waals surface area contributed by atoms with Crippen molar-refractivity contribution in [1.82, 2.24) is 4.98 Å². The molecule has 0 atom stereocenters. The summed E-state index contributed by atoms with van der Waals surface area (Å²) in [6.45, 7) is 4.27. The summed E-state index contributed by atoms with van der Waals surface area (Å²) in [6.07, 6.45) is 5.42. The number of rotatable bonds is 6. The zero-order chi connectivity index (χ0) is 10.2. The average Bonchev–Trinajstić information content (AvgIpc) is 2.25. The fourth-order valence-corrected chi connectivity index (χ4v) is 1.01. The molecule has 0 saturated heterocycles. The first-order valence-electron chi connectivity index (χ1n) is 4.66. The van der Waals surface area contributed by atoms with Crippen LogP contribution in [0.4, 0.5) is 0 Å². The minimum atomic E-state index is -0.0310. The Morgan fingerprint density at radius 3 is 2.93 bits per heavy atom. The van der Waals surface area contributed by atoms with E-state index in [1.54, 1.807) is 12.3 Å². The monoisotopic (exact) mass is 193 g/mol.